The second kappa shape index (κ2) is 7.65. The van der Waals surface area contributed by atoms with E-state index in [-0.39, 0.29) is 23.0 Å². The molecule has 0 unspecified atom stereocenters. The van der Waals surface area contributed by atoms with Crippen molar-refractivity contribution in [3.8, 4) is 11.4 Å². The van der Waals surface area contributed by atoms with Gasteiger partial charge >= 0.3 is 0 Å². The number of nitrogens with one attached hydrogen (secondary N) is 1. The van der Waals surface area contributed by atoms with Crippen LogP contribution < -0.4 is 10.2 Å². The van der Waals surface area contributed by atoms with Gasteiger partial charge in [0.25, 0.3) is 11.8 Å². The fraction of sp³-hybridized carbons (Fsp3) is 0.130. The van der Waals surface area contributed by atoms with Crippen molar-refractivity contribution in [1.82, 2.24) is 24.5 Å². The Morgan fingerprint density at radius 3 is 2.65 bits per heavy atom. The van der Waals surface area contributed by atoms with Gasteiger partial charge in [0.15, 0.2) is 5.82 Å². The van der Waals surface area contributed by atoms with Crippen molar-refractivity contribution in [1.29, 1.82) is 0 Å². The van der Waals surface area contributed by atoms with Crippen molar-refractivity contribution < 1.29 is 14.0 Å². The fourth-order valence-corrected chi connectivity index (χ4v) is 5.07. The minimum Gasteiger partial charge on any atom is -0.321 e. The van der Waals surface area contributed by atoms with Crippen LogP contribution in [0.25, 0.3) is 11.4 Å². The number of anilines is 3. The molecule has 34 heavy (non-hydrogen) atoms. The van der Waals surface area contributed by atoms with Crippen LogP contribution in [0.3, 0.4) is 0 Å². The first-order chi connectivity index (χ1) is 16.5. The molecular formula is C23H15FIN7O2. The third kappa shape index (κ3) is 3.10. The van der Waals surface area contributed by atoms with Crippen molar-refractivity contribution in [2.45, 2.75) is 18.4 Å². The molecule has 0 radical (unpaired) electrons. The molecule has 1 spiro atoms. The van der Waals surface area contributed by atoms with Gasteiger partial charge < -0.3 is 5.32 Å². The van der Waals surface area contributed by atoms with Gasteiger partial charge in [-0.15, -0.1) is 0 Å². The molecule has 9 nitrogen and oxygen atoms in total. The lowest BCUT2D eigenvalue weighted by atomic mass is 10.2. The summed E-state index contributed by atoms with van der Waals surface area (Å²) < 4.78 is 17.8. The fourth-order valence-electron chi connectivity index (χ4n) is 4.24. The van der Waals surface area contributed by atoms with Gasteiger partial charge in [-0.1, -0.05) is 6.07 Å². The lowest BCUT2D eigenvalue weighted by molar-refractivity contribution is -0.120. The molecule has 1 aromatic carbocycles. The molecule has 1 aliphatic heterocycles. The number of halogens is 2. The number of carbonyl (C=O) groups is 2. The minimum absolute atomic E-state index is 0.103. The summed E-state index contributed by atoms with van der Waals surface area (Å²) in [6.45, 7) is 0. The lowest BCUT2D eigenvalue weighted by Crippen LogP contribution is -2.31. The number of rotatable bonds is 4. The predicted octanol–water partition coefficient (Wildman–Crippen LogP) is 3.90. The van der Waals surface area contributed by atoms with Crippen molar-refractivity contribution in [2.75, 3.05) is 10.2 Å². The molecule has 3 aromatic heterocycles. The zero-order chi connectivity index (χ0) is 23.4. The third-order valence-corrected chi connectivity index (χ3v) is 6.76. The van der Waals surface area contributed by atoms with Gasteiger partial charge in [0.1, 0.15) is 23.2 Å². The largest absolute Gasteiger partial charge is 0.321 e. The molecule has 168 valence electrons. The second-order valence-electron chi connectivity index (χ2n) is 8.00. The third-order valence-electron chi connectivity index (χ3n) is 5.94. The molecule has 4 heterocycles. The van der Waals surface area contributed by atoms with Crippen molar-refractivity contribution in [3.63, 3.8) is 0 Å². The Bertz CT molecular complexity index is 1430. The van der Waals surface area contributed by atoms with E-state index < -0.39 is 17.3 Å². The highest BCUT2D eigenvalue weighted by Crippen LogP contribution is 2.56. The van der Waals surface area contributed by atoms with Gasteiger partial charge in [-0.25, -0.2) is 24.2 Å². The molecule has 0 atom stereocenters. The zero-order valence-electron chi connectivity index (χ0n) is 17.4. The predicted molar refractivity (Wildman–Crippen MR) is 129 cm³/mol. The van der Waals surface area contributed by atoms with Gasteiger partial charge in [-0.05, 0) is 65.8 Å². The molecule has 2 aliphatic rings. The van der Waals surface area contributed by atoms with E-state index in [1.807, 2.05) is 27.2 Å². The maximum absolute atomic E-state index is 15.5. The van der Waals surface area contributed by atoms with Crippen LogP contribution in [0.1, 0.15) is 23.3 Å². The number of pyridine rings is 1. The van der Waals surface area contributed by atoms with Crippen LogP contribution >= 0.6 is 22.6 Å². The van der Waals surface area contributed by atoms with Crippen LogP contribution in [0.4, 0.5) is 21.7 Å². The van der Waals surface area contributed by atoms with E-state index in [0.717, 1.165) is 0 Å². The van der Waals surface area contributed by atoms with Crippen LogP contribution in [-0.4, -0.2) is 36.3 Å². The summed E-state index contributed by atoms with van der Waals surface area (Å²) in [6, 6.07) is 9.52. The molecular weight excluding hydrogens is 552 g/mol. The van der Waals surface area contributed by atoms with E-state index in [9.17, 15) is 9.59 Å². The molecule has 0 bridgehead atoms. The topological polar surface area (TPSA) is 106 Å². The number of imidazole rings is 1. The number of aromatic nitrogens is 5. The quantitative estimate of drug-likeness (QED) is 0.375. The van der Waals surface area contributed by atoms with Crippen molar-refractivity contribution in [2.24, 2.45) is 0 Å². The van der Waals surface area contributed by atoms with Crippen LogP contribution in [0.2, 0.25) is 0 Å². The molecule has 1 aliphatic carbocycles. The van der Waals surface area contributed by atoms with Gasteiger partial charge in [0, 0.05) is 21.7 Å². The van der Waals surface area contributed by atoms with Crippen molar-refractivity contribution in [3.05, 3.63) is 76.4 Å². The van der Waals surface area contributed by atoms with Crippen LogP contribution in [0, 0.1) is 9.39 Å². The van der Waals surface area contributed by atoms with E-state index in [1.54, 1.807) is 42.7 Å². The maximum Gasteiger partial charge on any atom is 0.274 e. The Kier molecular flexibility index (Phi) is 4.69. The standard InChI is InChI=1S/C23H15FIN7O2/c24-14-9-13(30-20(33)17-3-1-2-7-27-17)10-15(25)19(14)31-21(34)23(5-6-23)32-18(11-28-22(31)32)16-4-8-26-12-29-16/h1-4,7-12H,5-6H2,(H,30,33). The Morgan fingerprint density at radius 1 is 1.12 bits per heavy atom. The first-order valence-corrected chi connectivity index (χ1v) is 11.5. The van der Waals surface area contributed by atoms with Crippen LogP contribution in [-0.2, 0) is 10.3 Å². The lowest BCUT2D eigenvalue weighted by Gasteiger charge is -2.19. The Hall–Kier alpha value is -3.74. The summed E-state index contributed by atoms with van der Waals surface area (Å²) in [6.07, 6.45) is 7.48. The average Bonchev–Trinajstić information content (AvgIpc) is 3.48. The molecule has 1 N–H and O–H groups in total. The first kappa shape index (κ1) is 20.8. The summed E-state index contributed by atoms with van der Waals surface area (Å²) >= 11 is 1.96. The summed E-state index contributed by atoms with van der Waals surface area (Å²) in [7, 11) is 0. The highest BCUT2D eigenvalue weighted by molar-refractivity contribution is 14.1. The summed E-state index contributed by atoms with van der Waals surface area (Å²) in [5, 5.41) is 2.66. The van der Waals surface area contributed by atoms with Gasteiger partial charge in [-0.2, -0.15) is 0 Å². The molecule has 1 saturated carbocycles. The average molecular weight is 567 g/mol. The molecule has 11 heteroatoms. The monoisotopic (exact) mass is 567 g/mol. The van der Waals surface area contributed by atoms with Crippen LogP contribution in [0.5, 0.6) is 0 Å². The molecule has 0 saturated heterocycles. The summed E-state index contributed by atoms with van der Waals surface area (Å²) in [5.74, 6) is -0.985. The van der Waals surface area contributed by atoms with Crippen molar-refractivity contribution >= 4 is 51.7 Å². The van der Waals surface area contributed by atoms with E-state index in [4.69, 9.17) is 0 Å². The number of fused-ring (bicyclic) bond motifs is 2. The molecule has 1 fully saturated rings. The van der Waals surface area contributed by atoms with E-state index in [0.29, 0.717) is 33.7 Å². The molecule has 4 aromatic rings. The number of nitrogens with zero attached hydrogens (tertiary/aromatic N) is 6. The smallest absolute Gasteiger partial charge is 0.274 e. The van der Waals surface area contributed by atoms with Crippen LogP contribution in [0.15, 0.2) is 61.3 Å². The Balaban J connectivity index is 1.39. The van der Waals surface area contributed by atoms with Gasteiger partial charge in [0.2, 0.25) is 5.95 Å². The minimum atomic E-state index is -0.784. The summed E-state index contributed by atoms with van der Waals surface area (Å²) in [4.78, 5) is 44.0. The van der Waals surface area contributed by atoms with E-state index in [2.05, 4.69) is 25.3 Å². The zero-order valence-corrected chi connectivity index (χ0v) is 19.6. The Morgan fingerprint density at radius 2 is 1.97 bits per heavy atom. The first-order valence-electron chi connectivity index (χ1n) is 10.4. The van der Waals surface area contributed by atoms with E-state index in [1.165, 1.54) is 23.5 Å². The number of hydrogen-bond acceptors (Lipinski definition) is 6. The highest BCUT2D eigenvalue weighted by atomic mass is 127. The SMILES string of the molecule is O=C(Nc1cc(F)c(N2C(=O)C3(CC3)n3c(-c4ccncn4)cnc32)c(I)c1)c1ccccn1. The van der Waals surface area contributed by atoms with Gasteiger partial charge in [0.05, 0.1) is 17.6 Å². The second-order valence-corrected chi connectivity index (χ2v) is 9.17. The highest BCUT2D eigenvalue weighted by Gasteiger charge is 2.62. The number of benzene rings is 1. The van der Waals surface area contributed by atoms with E-state index >= 15 is 4.39 Å². The Labute approximate surface area is 206 Å². The maximum atomic E-state index is 15.5. The molecule has 2 amide bonds. The summed E-state index contributed by atoms with van der Waals surface area (Å²) in [5.41, 5.74) is 1.11. The normalized spacial score (nSPS) is 15.5. The number of amides is 2. The van der Waals surface area contributed by atoms with Gasteiger partial charge in [-0.3, -0.25) is 19.1 Å². The molecule has 6 rings (SSSR count). The number of hydrogen-bond donors (Lipinski definition) is 1. The number of carbonyl (C=O) groups excluding carboxylic acids is 2.